The van der Waals surface area contributed by atoms with Crippen molar-refractivity contribution in [2.45, 2.75) is 51.1 Å². The van der Waals surface area contributed by atoms with Gasteiger partial charge in [0.05, 0.1) is 18.3 Å². The number of nitrogens with zero attached hydrogens (tertiary/aromatic N) is 6. The number of alkyl halides is 9. The maximum absolute atomic E-state index is 10.6. The number of aliphatic carboxylic acids is 3. The summed E-state index contributed by atoms with van der Waals surface area (Å²) in [5, 5.41) is 24.6. The number of carboxylic acid groups (broad SMARTS) is 3. The van der Waals surface area contributed by atoms with E-state index in [-0.39, 0.29) is 0 Å². The lowest BCUT2D eigenvalue weighted by atomic mass is 10.2. The molecule has 3 N–H and O–H groups in total. The number of thiazole rings is 1. The van der Waals surface area contributed by atoms with Crippen LogP contribution in [0, 0.1) is 0 Å². The highest BCUT2D eigenvalue weighted by molar-refractivity contribution is 7.09. The average molecular weight is 689 g/mol. The first kappa shape index (κ1) is 39.5. The fourth-order valence-corrected chi connectivity index (χ4v) is 4.33. The van der Waals surface area contributed by atoms with Gasteiger partial charge >= 0.3 is 36.4 Å². The lowest BCUT2D eigenvalue weighted by Crippen LogP contribution is -2.44. The van der Waals surface area contributed by atoms with Crippen molar-refractivity contribution in [1.29, 1.82) is 0 Å². The summed E-state index contributed by atoms with van der Waals surface area (Å²) in [5.74, 6) is -7.06. The summed E-state index contributed by atoms with van der Waals surface area (Å²) in [6.07, 6.45) is -11.3. The van der Waals surface area contributed by atoms with E-state index in [1.54, 1.807) is 11.3 Å². The van der Waals surface area contributed by atoms with Crippen molar-refractivity contribution in [3.8, 4) is 0 Å². The number of piperazine rings is 1. The second-order valence-corrected chi connectivity index (χ2v) is 10.3. The first-order chi connectivity index (χ1) is 20.5. The summed E-state index contributed by atoms with van der Waals surface area (Å²) < 4.78 is 97.7. The molecule has 4 heterocycles. The molecule has 22 heteroatoms. The molecular weight excluding hydrogens is 659 g/mol. The molecule has 0 aromatic carbocycles. The Balaban J connectivity index is 0.000000396. The Kier molecular flexibility index (Phi) is 14.7. The third-order valence-electron chi connectivity index (χ3n) is 6.03. The highest BCUT2D eigenvalue weighted by atomic mass is 32.1. The van der Waals surface area contributed by atoms with Gasteiger partial charge in [0.15, 0.2) is 0 Å². The van der Waals surface area contributed by atoms with Gasteiger partial charge in [-0.25, -0.2) is 24.4 Å². The SMILES string of the molecule is CC1c2ncc(CN3CCN(C)CC3)n2CCN1Cc1nccs1.O=C(O)C(F)(F)F.O=C(O)C(F)(F)F.O=C(O)C(F)(F)F. The van der Waals surface area contributed by atoms with E-state index in [4.69, 9.17) is 34.7 Å². The van der Waals surface area contributed by atoms with Gasteiger partial charge in [-0.1, -0.05) is 0 Å². The van der Waals surface area contributed by atoms with Crippen LogP contribution in [-0.2, 0) is 34.0 Å². The summed E-state index contributed by atoms with van der Waals surface area (Å²) >= 11 is 1.74. The molecule has 2 aromatic heterocycles. The largest absolute Gasteiger partial charge is 0.490 e. The topological polar surface area (TPSA) is 152 Å². The summed E-state index contributed by atoms with van der Waals surface area (Å²) in [6.45, 7) is 11.0. The van der Waals surface area contributed by atoms with Crippen molar-refractivity contribution >= 4 is 29.2 Å². The van der Waals surface area contributed by atoms with Crippen LogP contribution in [-0.4, -0.2) is 121 Å². The fraction of sp³-hybridized carbons (Fsp3) is 0.609. The molecule has 256 valence electrons. The minimum atomic E-state index is -5.08. The van der Waals surface area contributed by atoms with Crippen molar-refractivity contribution in [1.82, 2.24) is 29.2 Å². The van der Waals surface area contributed by atoms with Crippen LogP contribution in [0.15, 0.2) is 17.8 Å². The number of aromatic nitrogens is 3. The highest BCUT2D eigenvalue weighted by Gasteiger charge is 2.39. The van der Waals surface area contributed by atoms with E-state index < -0.39 is 36.4 Å². The van der Waals surface area contributed by atoms with Gasteiger partial charge in [0.2, 0.25) is 0 Å². The molecule has 0 aliphatic carbocycles. The second-order valence-electron chi connectivity index (χ2n) is 9.32. The lowest BCUT2D eigenvalue weighted by molar-refractivity contribution is -0.193. The Morgan fingerprint density at radius 1 is 0.800 bits per heavy atom. The van der Waals surface area contributed by atoms with E-state index in [1.165, 1.54) is 29.6 Å². The van der Waals surface area contributed by atoms with Crippen LogP contribution < -0.4 is 0 Å². The first-order valence-electron chi connectivity index (χ1n) is 12.5. The van der Waals surface area contributed by atoms with Gasteiger partial charge in [-0.05, 0) is 14.0 Å². The van der Waals surface area contributed by atoms with Crippen LogP contribution in [0.2, 0.25) is 0 Å². The number of halogens is 9. The van der Waals surface area contributed by atoms with Crippen molar-refractivity contribution in [3.05, 3.63) is 34.3 Å². The molecule has 1 atom stereocenters. The van der Waals surface area contributed by atoms with Gasteiger partial charge in [0.25, 0.3) is 0 Å². The number of carbonyl (C=O) groups is 3. The Labute approximate surface area is 253 Å². The summed E-state index contributed by atoms with van der Waals surface area (Å²) in [4.78, 5) is 43.3. The Morgan fingerprint density at radius 3 is 1.67 bits per heavy atom. The van der Waals surface area contributed by atoms with Crippen LogP contribution in [0.25, 0.3) is 0 Å². The van der Waals surface area contributed by atoms with E-state index in [2.05, 4.69) is 49.8 Å². The summed E-state index contributed by atoms with van der Waals surface area (Å²) in [6, 6.07) is 0.351. The van der Waals surface area contributed by atoms with Crippen LogP contribution in [0.4, 0.5) is 39.5 Å². The molecule has 45 heavy (non-hydrogen) atoms. The fourth-order valence-electron chi connectivity index (χ4n) is 3.69. The predicted molar refractivity (Wildman–Crippen MR) is 137 cm³/mol. The molecule has 0 spiro atoms. The van der Waals surface area contributed by atoms with Crippen molar-refractivity contribution < 1.29 is 69.2 Å². The van der Waals surface area contributed by atoms with Crippen LogP contribution in [0.5, 0.6) is 0 Å². The molecule has 0 amide bonds. The number of hydrogen-bond acceptors (Lipinski definition) is 9. The monoisotopic (exact) mass is 688 g/mol. The molecule has 0 saturated carbocycles. The minimum Gasteiger partial charge on any atom is -0.475 e. The first-order valence-corrected chi connectivity index (χ1v) is 13.4. The van der Waals surface area contributed by atoms with Gasteiger partial charge in [-0.3, -0.25) is 9.80 Å². The Bertz CT molecular complexity index is 1170. The molecule has 4 rings (SSSR count). The van der Waals surface area contributed by atoms with Crippen LogP contribution >= 0.6 is 11.3 Å². The zero-order valence-electron chi connectivity index (χ0n) is 23.5. The van der Waals surface area contributed by atoms with Crippen molar-refractivity contribution in [3.63, 3.8) is 0 Å². The van der Waals surface area contributed by atoms with E-state index in [0.717, 1.165) is 39.3 Å². The highest BCUT2D eigenvalue weighted by Crippen LogP contribution is 2.28. The van der Waals surface area contributed by atoms with Crippen molar-refractivity contribution in [2.24, 2.45) is 0 Å². The van der Waals surface area contributed by atoms with Crippen molar-refractivity contribution in [2.75, 3.05) is 39.8 Å². The molecule has 1 unspecified atom stereocenters. The number of likely N-dealkylation sites (N-methyl/N-ethyl adjacent to an activating group) is 1. The minimum absolute atomic E-state index is 0.351. The molecule has 2 aromatic rings. The third-order valence-corrected chi connectivity index (χ3v) is 6.80. The summed E-state index contributed by atoms with van der Waals surface area (Å²) in [7, 11) is 2.21. The number of hydrogen-bond donors (Lipinski definition) is 3. The zero-order chi connectivity index (χ0) is 34.8. The molecule has 12 nitrogen and oxygen atoms in total. The van der Waals surface area contributed by atoms with Gasteiger partial charge in [-0.15, -0.1) is 11.3 Å². The summed E-state index contributed by atoms with van der Waals surface area (Å²) in [5.41, 5.74) is 1.37. The maximum atomic E-state index is 10.6. The van der Waals surface area contributed by atoms with E-state index in [1.807, 2.05) is 6.20 Å². The van der Waals surface area contributed by atoms with Gasteiger partial charge in [0.1, 0.15) is 10.8 Å². The Hall–Kier alpha value is -3.50. The number of fused-ring (bicyclic) bond motifs is 1. The molecule has 0 bridgehead atoms. The standard InChI is InChI=1S/C17H26N6S.3C2HF3O2/c1-14-17-19-11-15(12-21-6-4-20(2)5-7-21)23(17)9-8-22(14)13-16-18-3-10-24-16;3*3-2(4,5)1(6)7/h3,10-11,14H,4-9,12-13H2,1-2H3;3*(H,6,7). The normalized spacial score (nSPS) is 17.8. The van der Waals surface area contributed by atoms with Crippen LogP contribution in [0.3, 0.4) is 0 Å². The molecule has 1 fully saturated rings. The number of imidazole rings is 1. The molecule has 2 aliphatic rings. The molecule has 2 aliphatic heterocycles. The smallest absolute Gasteiger partial charge is 0.475 e. The number of rotatable bonds is 4. The molecule has 0 radical (unpaired) electrons. The zero-order valence-corrected chi connectivity index (χ0v) is 24.3. The molecular formula is C23H29F9N6O6S. The third kappa shape index (κ3) is 14.0. The quantitative estimate of drug-likeness (QED) is 0.405. The lowest BCUT2D eigenvalue weighted by Gasteiger charge is -2.35. The van der Waals surface area contributed by atoms with E-state index in [9.17, 15) is 39.5 Å². The van der Waals surface area contributed by atoms with Gasteiger partial charge in [0, 0.05) is 63.6 Å². The molecule has 1 saturated heterocycles. The average Bonchev–Trinajstić information content (AvgIpc) is 3.57. The predicted octanol–water partition coefficient (Wildman–Crippen LogP) is 3.56. The van der Waals surface area contributed by atoms with Gasteiger partial charge in [-0.2, -0.15) is 39.5 Å². The van der Waals surface area contributed by atoms with Crippen LogP contribution in [0.1, 0.15) is 29.5 Å². The second kappa shape index (κ2) is 16.7. The Morgan fingerprint density at radius 2 is 1.27 bits per heavy atom. The van der Waals surface area contributed by atoms with E-state index in [0.29, 0.717) is 6.04 Å². The maximum Gasteiger partial charge on any atom is 0.490 e. The van der Waals surface area contributed by atoms with E-state index >= 15 is 0 Å². The number of carboxylic acids is 3. The van der Waals surface area contributed by atoms with Gasteiger partial charge < -0.3 is 24.8 Å².